The largest absolute Gasteiger partial charge is 0.392 e. The zero-order valence-corrected chi connectivity index (χ0v) is 10.6. The number of thiophene rings is 1. The van der Waals surface area contributed by atoms with Crippen LogP contribution < -0.4 is 5.32 Å². The Morgan fingerprint density at radius 2 is 2.31 bits per heavy atom. The molecular weight excluding hydrogens is 222 g/mol. The maximum atomic E-state index is 11.3. The lowest BCUT2D eigenvalue weighted by Gasteiger charge is -2.06. The van der Waals surface area contributed by atoms with Crippen molar-refractivity contribution in [2.24, 2.45) is 0 Å². The fraction of sp³-hybridized carbons (Fsp3) is 0.583. The van der Waals surface area contributed by atoms with E-state index in [0.717, 1.165) is 12.8 Å². The van der Waals surface area contributed by atoms with Gasteiger partial charge in [0.1, 0.15) is 0 Å². The van der Waals surface area contributed by atoms with Gasteiger partial charge in [0.15, 0.2) is 0 Å². The van der Waals surface area contributed by atoms with Gasteiger partial charge in [-0.1, -0.05) is 0 Å². The van der Waals surface area contributed by atoms with E-state index >= 15 is 0 Å². The van der Waals surface area contributed by atoms with Gasteiger partial charge in [-0.05, 0) is 38.8 Å². The Morgan fingerprint density at radius 1 is 1.56 bits per heavy atom. The van der Waals surface area contributed by atoms with E-state index in [0.29, 0.717) is 13.0 Å². The smallest absolute Gasteiger partial charge is 0.220 e. The number of amides is 1. The fourth-order valence-electron chi connectivity index (χ4n) is 1.39. The second kappa shape index (κ2) is 6.66. The van der Waals surface area contributed by atoms with E-state index in [1.807, 2.05) is 0 Å². The van der Waals surface area contributed by atoms with Crippen LogP contribution in [0.5, 0.6) is 0 Å². The summed E-state index contributed by atoms with van der Waals surface area (Å²) in [5, 5.41) is 11.7. The molecule has 0 saturated heterocycles. The second-order valence-corrected chi connectivity index (χ2v) is 5.39. The van der Waals surface area contributed by atoms with Crippen LogP contribution in [0.1, 0.15) is 29.5 Å². The number of aliphatic hydroxyl groups is 1. The molecule has 0 aromatic carbocycles. The molecule has 16 heavy (non-hydrogen) atoms. The quantitative estimate of drug-likeness (QED) is 0.799. The van der Waals surface area contributed by atoms with E-state index in [2.05, 4.69) is 24.4 Å². The molecule has 0 aliphatic carbocycles. The Kier molecular flexibility index (Phi) is 5.49. The first kappa shape index (κ1) is 13.2. The maximum absolute atomic E-state index is 11.3. The summed E-state index contributed by atoms with van der Waals surface area (Å²) in [6.07, 6.45) is 1.89. The second-order valence-electron chi connectivity index (χ2n) is 4.02. The molecule has 0 radical (unpaired) electrons. The summed E-state index contributed by atoms with van der Waals surface area (Å²) in [6.45, 7) is 4.09. The Morgan fingerprint density at radius 3 is 2.88 bits per heavy atom. The lowest BCUT2D eigenvalue weighted by molar-refractivity contribution is -0.121. The van der Waals surface area contributed by atoms with Crippen molar-refractivity contribution in [3.8, 4) is 0 Å². The number of carbonyl (C=O) groups is 1. The van der Waals surface area contributed by atoms with Gasteiger partial charge in [0.05, 0.1) is 6.10 Å². The molecule has 1 unspecified atom stereocenters. The van der Waals surface area contributed by atoms with Gasteiger partial charge in [-0.15, -0.1) is 11.3 Å². The van der Waals surface area contributed by atoms with E-state index in [9.17, 15) is 4.79 Å². The molecule has 4 heteroatoms. The molecule has 2 N–H and O–H groups in total. The third-order valence-corrected chi connectivity index (χ3v) is 3.28. The number of aryl methyl sites for hydroxylation is 2. The van der Waals surface area contributed by atoms with E-state index < -0.39 is 6.10 Å². The number of hydrogen-bond acceptors (Lipinski definition) is 3. The number of rotatable bonds is 6. The first-order valence-corrected chi connectivity index (χ1v) is 6.39. The van der Waals surface area contributed by atoms with Crippen molar-refractivity contribution in [3.05, 3.63) is 21.9 Å². The van der Waals surface area contributed by atoms with Gasteiger partial charge in [-0.3, -0.25) is 4.79 Å². The van der Waals surface area contributed by atoms with Crippen LogP contribution in [0.25, 0.3) is 0 Å². The standard InChI is InChI=1S/C12H19NO2S/c1-9(14)8-13-12(15)5-3-4-11-7-6-10(2)16-11/h6-7,9,14H,3-5,8H2,1-2H3,(H,13,15). The molecule has 0 aliphatic rings. The third kappa shape index (κ3) is 5.28. The molecule has 1 aromatic heterocycles. The molecular formula is C12H19NO2S. The zero-order chi connectivity index (χ0) is 12.0. The van der Waals surface area contributed by atoms with E-state index in [-0.39, 0.29) is 5.91 Å². The topological polar surface area (TPSA) is 49.3 Å². The third-order valence-electron chi connectivity index (χ3n) is 2.22. The Hall–Kier alpha value is -0.870. The summed E-state index contributed by atoms with van der Waals surface area (Å²) in [5.74, 6) is 0.0224. The Balaban J connectivity index is 2.13. The van der Waals surface area contributed by atoms with Crippen LogP contribution in [0.4, 0.5) is 0 Å². The highest BCUT2D eigenvalue weighted by molar-refractivity contribution is 7.11. The van der Waals surface area contributed by atoms with Gasteiger partial charge in [-0.25, -0.2) is 0 Å². The first-order valence-electron chi connectivity index (χ1n) is 5.58. The van der Waals surface area contributed by atoms with Crippen LogP contribution in [-0.4, -0.2) is 23.7 Å². The van der Waals surface area contributed by atoms with Crippen LogP contribution >= 0.6 is 11.3 Å². The molecule has 1 amide bonds. The van der Waals surface area contributed by atoms with Crippen molar-refractivity contribution in [2.45, 2.75) is 39.2 Å². The summed E-state index contributed by atoms with van der Waals surface area (Å²) >= 11 is 1.79. The van der Waals surface area contributed by atoms with Crippen molar-refractivity contribution in [1.82, 2.24) is 5.32 Å². The highest BCUT2D eigenvalue weighted by atomic mass is 32.1. The molecule has 0 saturated carbocycles. The molecule has 1 heterocycles. The van der Waals surface area contributed by atoms with E-state index in [1.54, 1.807) is 18.3 Å². The average Bonchev–Trinajstić information content (AvgIpc) is 2.61. The highest BCUT2D eigenvalue weighted by Crippen LogP contribution is 2.17. The normalized spacial score (nSPS) is 12.4. The molecule has 0 bridgehead atoms. The summed E-state index contributed by atoms with van der Waals surface area (Å²) in [5.41, 5.74) is 0. The first-order chi connectivity index (χ1) is 7.58. The predicted molar refractivity (Wildman–Crippen MR) is 66.7 cm³/mol. The van der Waals surface area contributed by atoms with Crippen molar-refractivity contribution in [3.63, 3.8) is 0 Å². The average molecular weight is 241 g/mol. The van der Waals surface area contributed by atoms with Crippen LogP contribution in [0.3, 0.4) is 0 Å². The number of nitrogens with one attached hydrogen (secondary N) is 1. The Labute approximate surface area is 100 Å². The molecule has 0 fully saturated rings. The van der Waals surface area contributed by atoms with Gasteiger partial charge in [0, 0.05) is 22.7 Å². The van der Waals surface area contributed by atoms with Gasteiger partial charge < -0.3 is 10.4 Å². The van der Waals surface area contributed by atoms with Gasteiger partial charge in [0.25, 0.3) is 0 Å². The van der Waals surface area contributed by atoms with E-state index in [4.69, 9.17) is 5.11 Å². The Bertz CT molecular complexity index is 334. The van der Waals surface area contributed by atoms with E-state index in [1.165, 1.54) is 9.75 Å². The summed E-state index contributed by atoms with van der Waals surface area (Å²) < 4.78 is 0. The molecule has 1 aromatic rings. The number of carbonyl (C=O) groups excluding carboxylic acids is 1. The van der Waals surface area contributed by atoms with Crippen LogP contribution in [0, 0.1) is 6.92 Å². The lowest BCUT2D eigenvalue weighted by Crippen LogP contribution is -2.30. The summed E-state index contributed by atoms with van der Waals surface area (Å²) in [7, 11) is 0. The van der Waals surface area contributed by atoms with Crippen LogP contribution in [0.2, 0.25) is 0 Å². The van der Waals surface area contributed by atoms with Gasteiger partial charge >= 0.3 is 0 Å². The van der Waals surface area contributed by atoms with Crippen LogP contribution in [-0.2, 0) is 11.2 Å². The monoisotopic (exact) mass is 241 g/mol. The maximum Gasteiger partial charge on any atom is 0.220 e. The van der Waals surface area contributed by atoms with Crippen LogP contribution in [0.15, 0.2) is 12.1 Å². The molecule has 1 rings (SSSR count). The van der Waals surface area contributed by atoms with Crippen molar-refractivity contribution in [1.29, 1.82) is 0 Å². The van der Waals surface area contributed by atoms with Crippen molar-refractivity contribution < 1.29 is 9.90 Å². The predicted octanol–water partition coefficient (Wildman–Crippen LogP) is 1.88. The van der Waals surface area contributed by atoms with Gasteiger partial charge in [-0.2, -0.15) is 0 Å². The highest BCUT2D eigenvalue weighted by Gasteiger charge is 2.03. The minimum atomic E-state index is -0.469. The number of hydrogen-bond donors (Lipinski definition) is 2. The summed E-state index contributed by atoms with van der Waals surface area (Å²) in [4.78, 5) is 14.0. The molecule has 3 nitrogen and oxygen atoms in total. The minimum Gasteiger partial charge on any atom is -0.392 e. The van der Waals surface area contributed by atoms with Crippen molar-refractivity contribution in [2.75, 3.05) is 6.54 Å². The fourth-order valence-corrected chi connectivity index (χ4v) is 2.32. The minimum absolute atomic E-state index is 0.0224. The number of aliphatic hydroxyl groups excluding tert-OH is 1. The lowest BCUT2D eigenvalue weighted by atomic mass is 10.2. The SMILES string of the molecule is Cc1ccc(CCCC(=O)NCC(C)O)s1. The molecule has 1 atom stereocenters. The molecule has 90 valence electrons. The van der Waals surface area contributed by atoms with Crippen molar-refractivity contribution >= 4 is 17.2 Å². The van der Waals surface area contributed by atoms with Gasteiger partial charge in [0.2, 0.25) is 5.91 Å². The zero-order valence-electron chi connectivity index (χ0n) is 9.82. The molecule has 0 spiro atoms. The molecule has 0 aliphatic heterocycles. The summed E-state index contributed by atoms with van der Waals surface area (Å²) in [6, 6.07) is 4.22.